The van der Waals surface area contributed by atoms with Crippen molar-refractivity contribution in [3.05, 3.63) is 34.3 Å². The second kappa shape index (κ2) is 8.13. The smallest absolute Gasteiger partial charge is 0.0802 e. The van der Waals surface area contributed by atoms with Crippen LogP contribution in [0.5, 0.6) is 0 Å². The third kappa shape index (κ3) is 4.55. The van der Waals surface area contributed by atoms with E-state index < -0.39 is 6.10 Å². The fraction of sp³-hybridized carbons (Fsp3) is 0.625. The molecular formula is C16H24BrNO2. The van der Waals surface area contributed by atoms with Gasteiger partial charge in [-0.15, -0.1) is 0 Å². The molecule has 2 rings (SSSR count). The van der Waals surface area contributed by atoms with Crippen molar-refractivity contribution < 1.29 is 10.2 Å². The zero-order chi connectivity index (χ0) is 14.4. The van der Waals surface area contributed by atoms with Gasteiger partial charge in [-0.3, -0.25) is 0 Å². The van der Waals surface area contributed by atoms with Crippen molar-refractivity contribution in [3.8, 4) is 0 Å². The summed E-state index contributed by atoms with van der Waals surface area (Å²) in [6.45, 7) is 2.34. The Bertz CT molecular complexity index is 413. The van der Waals surface area contributed by atoms with Gasteiger partial charge in [0.1, 0.15) is 0 Å². The maximum atomic E-state index is 10.3. The topological polar surface area (TPSA) is 43.7 Å². The fourth-order valence-corrected chi connectivity index (χ4v) is 3.43. The first-order chi connectivity index (χ1) is 9.70. The van der Waals surface area contributed by atoms with Crippen molar-refractivity contribution in [2.24, 2.45) is 0 Å². The highest BCUT2D eigenvalue weighted by Crippen LogP contribution is 2.25. The minimum Gasteiger partial charge on any atom is -0.396 e. The Morgan fingerprint density at radius 1 is 1.40 bits per heavy atom. The van der Waals surface area contributed by atoms with E-state index >= 15 is 0 Å². The van der Waals surface area contributed by atoms with Crippen molar-refractivity contribution in [1.29, 1.82) is 0 Å². The summed E-state index contributed by atoms with van der Waals surface area (Å²) in [7, 11) is 0. The van der Waals surface area contributed by atoms with Gasteiger partial charge in [-0.25, -0.2) is 0 Å². The van der Waals surface area contributed by atoms with E-state index in [2.05, 4.69) is 20.8 Å². The summed E-state index contributed by atoms with van der Waals surface area (Å²) in [5.41, 5.74) is 0.977. The van der Waals surface area contributed by atoms with Gasteiger partial charge >= 0.3 is 0 Å². The lowest BCUT2D eigenvalue weighted by atomic mass is 10.1. The Kier molecular flexibility index (Phi) is 6.49. The van der Waals surface area contributed by atoms with Crippen molar-refractivity contribution >= 4 is 15.9 Å². The third-order valence-corrected chi connectivity index (χ3v) is 4.61. The minimum atomic E-state index is -0.397. The average Bonchev–Trinajstić information content (AvgIpc) is 2.90. The Balaban J connectivity index is 1.82. The highest BCUT2D eigenvalue weighted by Gasteiger charge is 2.24. The van der Waals surface area contributed by atoms with Crippen molar-refractivity contribution in [2.75, 3.05) is 19.7 Å². The van der Waals surface area contributed by atoms with Crippen LogP contribution in [0, 0.1) is 0 Å². The van der Waals surface area contributed by atoms with Crippen LogP contribution in [0.2, 0.25) is 0 Å². The molecule has 0 aromatic heterocycles. The van der Waals surface area contributed by atoms with Crippen molar-refractivity contribution in [3.63, 3.8) is 0 Å². The highest BCUT2D eigenvalue weighted by atomic mass is 79.9. The molecule has 1 fully saturated rings. The quantitative estimate of drug-likeness (QED) is 0.800. The predicted molar refractivity (Wildman–Crippen MR) is 84.6 cm³/mol. The molecular weight excluding hydrogens is 318 g/mol. The van der Waals surface area contributed by atoms with Crippen molar-refractivity contribution in [1.82, 2.24) is 4.90 Å². The molecule has 0 radical (unpaired) electrons. The summed E-state index contributed by atoms with van der Waals surface area (Å²) in [4.78, 5) is 2.47. The van der Waals surface area contributed by atoms with Crippen LogP contribution in [0.25, 0.3) is 0 Å². The molecule has 20 heavy (non-hydrogen) atoms. The lowest BCUT2D eigenvalue weighted by molar-refractivity contribution is 0.133. The molecule has 1 saturated heterocycles. The number of likely N-dealkylation sites (tertiary alicyclic amines) is 1. The van der Waals surface area contributed by atoms with Gasteiger partial charge in [-0.05, 0) is 56.3 Å². The third-order valence-electron chi connectivity index (χ3n) is 4.12. The molecule has 0 amide bonds. The molecule has 3 nitrogen and oxygen atoms in total. The zero-order valence-corrected chi connectivity index (χ0v) is 13.4. The summed E-state index contributed by atoms with van der Waals surface area (Å²) in [6, 6.07) is 8.49. The van der Waals surface area contributed by atoms with Crippen molar-refractivity contribution in [2.45, 2.75) is 44.2 Å². The molecule has 1 aromatic rings. The second-order valence-electron chi connectivity index (χ2n) is 5.56. The summed E-state index contributed by atoms with van der Waals surface area (Å²) in [5.74, 6) is 0. The Labute approximate surface area is 129 Å². The molecule has 0 spiro atoms. The van der Waals surface area contributed by atoms with Crippen LogP contribution >= 0.6 is 15.9 Å². The first kappa shape index (κ1) is 16.0. The summed E-state index contributed by atoms with van der Waals surface area (Å²) in [6.07, 6.45) is 4.80. The predicted octanol–water partition coefficient (Wildman–Crippen LogP) is 3.11. The van der Waals surface area contributed by atoms with Crippen LogP contribution in [0.1, 0.15) is 43.8 Å². The number of hydrogen-bond donors (Lipinski definition) is 2. The number of aliphatic hydroxyl groups excluding tert-OH is 2. The van der Waals surface area contributed by atoms with E-state index in [1.807, 2.05) is 24.3 Å². The van der Waals surface area contributed by atoms with Gasteiger partial charge in [0.2, 0.25) is 0 Å². The molecule has 0 saturated carbocycles. The summed E-state index contributed by atoms with van der Waals surface area (Å²) in [5, 5.41) is 19.2. The van der Waals surface area contributed by atoms with E-state index in [1.54, 1.807) is 0 Å². The normalized spacial score (nSPS) is 21.2. The standard InChI is InChI=1S/C16H24BrNO2/c17-14-5-1-4-13(12-14)16(20)8-10-18-9-2-6-15(18)7-3-11-19/h1,4-5,12,15-16,19-20H,2-3,6-11H2. The number of aliphatic hydroxyl groups is 2. The van der Waals surface area contributed by atoms with E-state index in [4.69, 9.17) is 5.11 Å². The van der Waals surface area contributed by atoms with Gasteiger partial charge < -0.3 is 15.1 Å². The first-order valence-corrected chi connectivity index (χ1v) is 8.28. The molecule has 112 valence electrons. The SMILES string of the molecule is OCCCC1CCCN1CCC(O)c1cccc(Br)c1. The molecule has 2 N–H and O–H groups in total. The van der Waals surface area contributed by atoms with Gasteiger partial charge in [0.25, 0.3) is 0 Å². The minimum absolute atomic E-state index is 0.283. The summed E-state index contributed by atoms with van der Waals surface area (Å²) < 4.78 is 1.01. The number of benzene rings is 1. The van der Waals surface area contributed by atoms with E-state index in [0.29, 0.717) is 6.04 Å². The fourth-order valence-electron chi connectivity index (χ4n) is 3.01. The maximum absolute atomic E-state index is 10.3. The second-order valence-corrected chi connectivity index (χ2v) is 6.47. The number of nitrogens with zero attached hydrogens (tertiary/aromatic N) is 1. The average molecular weight is 342 g/mol. The van der Waals surface area contributed by atoms with Crippen LogP contribution in [-0.4, -0.2) is 40.9 Å². The first-order valence-electron chi connectivity index (χ1n) is 7.49. The highest BCUT2D eigenvalue weighted by molar-refractivity contribution is 9.10. The van der Waals surface area contributed by atoms with Gasteiger partial charge in [-0.2, -0.15) is 0 Å². The molecule has 2 atom stereocenters. The Morgan fingerprint density at radius 2 is 2.25 bits per heavy atom. The number of rotatable bonds is 7. The molecule has 1 aliphatic heterocycles. The van der Waals surface area contributed by atoms with Gasteiger partial charge in [0.05, 0.1) is 6.10 Å². The van der Waals surface area contributed by atoms with E-state index in [0.717, 1.165) is 42.4 Å². The van der Waals surface area contributed by atoms with E-state index in [9.17, 15) is 5.11 Å². The summed E-state index contributed by atoms with van der Waals surface area (Å²) >= 11 is 3.44. The monoisotopic (exact) mass is 341 g/mol. The molecule has 1 aromatic carbocycles. The van der Waals surface area contributed by atoms with Gasteiger partial charge in [-0.1, -0.05) is 28.1 Å². The van der Waals surface area contributed by atoms with Gasteiger partial charge in [0, 0.05) is 23.7 Å². The molecule has 1 aliphatic rings. The van der Waals surface area contributed by atoms with Crippen LogP contribution < -0.4 is 0 Å². The number of hydrogen-bond acceptors (Lipinski definition) is 3. The lowest BCUT2D eigenvalue weighted by Crippen LogP contribution is -2.31. The van der Waals surface area contributed by atoms with E-state index in [-0.39, 0.29) is 6.61 Å². The maximum Gasteiger partial charge on any atom is 0.0802 e. The largest absolute Gasteiger partial charge is 0.396 e. The van der Waals surface area contributed by atoms with Crippen LogP contribution in [0.4, 0.5) is 0 Å². The Hall–Kier alpha value is -0.420. The lowest BCUT2D eigenvalue weighted by Gasteiger charge is -2.25. The molecule has 2 unspecified atom stereocenters. The van der Waals surface area contributed by atoms with E-state index in [1.165, 1.54) is 12.8 Å². The van der Waals surface area contributed by atoms with Crippen LogP contribution in [0.3, 0.4) is 0 Å². The molecule has 1 heterocycles. The van der Waals surface area contributed by atoms with Gasteiger partial charge in [0.15, 0.2) is 0 Å². The zero-order valence-electron chi connectivity index (χ0n) is 11.8. The Morgan fingerprint density at radius 3 is 3.00 bits per heavy atom. The molecule has 0 aliphatic carbocycles. The molecule has 0 bridgehead atoms. The van der Waals surface area contributed by atoms with Crippen LogP contribution in [0.15, 0.2) is 28.7 Å². The van der Waals surface area contributed by atoms with Crippen LogP contribution in [-0.2, 0) is 0 Å². The number of halogens is 1. The molecule has 4 heteroatoms.